The first kappa shape index (κ1) is 23.1. The highest BCUT2D eigenvalue weighted by Gasteiger charge is 2.28. The van der Waals surface area contributed by atoms with E-state index in [2.05, 4.69) is 5.32 Å². The Morgan fingerprint density at radius 1 is 1.13 bits per heavy atom. The highest BCUT2D eigenvalue weighted by molar-refractivity contribution is 5.88. The molecule has 0 aliphatic rings. The van der Waals surface area contributed by atoms with Crippen molar-refractivity contribution in [3.63, 3.8) is 0 Å². The van der Waals surface area contributed by atoms with Gasteiger partial charge >= 0.3 is 0 Å². The Bertz CT molecular complexity index is 913. The number of hydrogen-bond donors (Lipinski definition) is 1. The summed E-state index contributed by atoms with van der Waals surface area (Å²) in [6.45, 7) is 7.77. The lowest BCUT2D eigenvalue weighted by Gasteiger charge is -2.30. The van der Waals surface area contributed by atoms with E-state index in [1.807, 2.05) is 45.0 Å². The van der Waals surface area contributed by atoms with Crippen LogP contribution < -0.4 is 5.32 Å². The van der Waals surface area contributed by atoms with Gasteiger partial charge in [-0.25, -0.2) is 0 Å². The number of nitro benzene ring substituents is 1. The Hall–Kier alpha value is -3.22. The van der Waals surface area contributed by atoms with Crippen LogP contribution in [0.1, 0.15) is 43.9 Å². The van der Waals surface area contributed by atoms with Gasteiger partial charge in [-0.1, -0.05) is 55.0 Å². The fourth-order valence-corrected chi connectivity index (χ4v) is 3.16. The average molecular weight is 412 g/mol. The van der Waals surface area contributed by atoms with Crippen molar-refractivity contribution in [3.8, 4) is 0 Å². The Morgan fingerprint density at radius 3 is 2.47 bits per heavy atom. The molecule has 0 fully saturated rings. The summed E-state index contributed by atoms with van der Waals surface area (Å²) in [6, 6.07) is 13.2. The van der Waals surface area contributed by atoms with Crippen molar-refractivity contribution >= 4 is 17.5 Å². The van der Waals surface area contributed by atoms with Crippen molar-refractivity contribution in [2.24, 2.45) is 0 Å². The highest BCUT2D eigenvalue weighted by Crippen LogP contribution is 2.20. The third-order valence-electron chi connectivity index (χ3n) is 5.13. The third kappa shape index (κ3) is 6.14. The van der Waals surface area contributed by atoms with Gasteiger partial charge in [-0.05, 0) is 32.8 Å². The SMILES string of the molecule is CC[C@@H](C)NC(=O)[C@@H](C)N(Cc1cccc(C)c1)C(=O)Cc1ccccc1[N+](=O)[O-]. The number of carbonyl (C=O) groups excluding carboxylic acids is 2. The zero-order valence-electron chi connectivity index (χ0n) is 17.9. The van der Waals surface area contributed by atoms with E-state index in [9.17, 15) is 19.7 Å². The second kappa shape index (κ2) is 10.5. The van der Waals surface area contributed by atoms with Gasteiger partial charge in [-0.15, -0.1) is 0 Å². The van der Waals surface area contributed by atoms with E-state index in [0.717, 1.165) is 17.5 Å². The van der Waals surface area contributed by atoms with Gasteiger partial charge in [0.25, 0.3) is 5.69 Å². The Morgan fingerprint density at radius 2 is 1.83 bits per heavy atom. The minimum absolute atomic E-state index is 0.00826. The number of aryl methyl sites for hydroxylation is 1. The minimum atomic E-state index is -0.713. The molecule has 0 aliphatic carbocycles. The molecule has 2 aromatic rings. The van der Waals surface area contributed by atoms with Crippen molar-refractivity contribution in [2.45, 2.75) is 59.2 Å². The first-order valence-corrected chi connectivity index (χ1v) is 10.1. The zero-order chi connectivity index (χ0) is 22.3. The molecule has 0 bridgehead atoms. The summed E-state index contributed by atoms with van der Waals surface area (Å²) in [5.41, 5.74) is 2.18. The monoisotopic (exact) mass is 411 g/mol. The number of rotatable bonds is 9. The molecule has 160 valence electrons. The largest absolute Gasteiger partial charge is 0.352 e. The molecule has 0 heterocycles. The van der Waals surface area contributed by atoms with E-state index in [-0.39, 0.29) is 36.5 Å². The molecule has 7 nitrogen and oxygen atoms in total. The molecule has 0 radical (unpaired) electrons. The second-order valence-corrected chi connectivity index (χ2v) is 7.57. The summed E-state index contributed by atoms with van der Waals surface area (Å²) in [5.74, 6) is -0.578. The first-order chi connectivity index (χ1) is 14.2. The predicted molar refractivity (Wildman–Crippen MR) is 116 cm³/mol. The number of nitro groups is 1. The summed E-state index contributed by atoms with van der Waals surface area (Å²) in [5, 5.41) is 14.2. The van der Waals surface area contributed by atoms with Crippen LogP contribution in [-0.2, 0) is 22.6 Å². The number of hydrogen-bond acceptors (Lipinski definition) is 4. The van der Waals surface area contributed by atoms with Crippen LogP contribution >= 0.6 is 0 Å². The van der Waals surface area contributed by atoms with Gasteiger partial charge in [0.1, 0.15) is 6.04 Å². The van der Waals surface area contributed by atoms with Gasteiger partial charge in [0.05, 0.1) is 11.3 Å². The number of benzene rings is 2. The fraction of sp³-hybridized carbons (Fsp3) is 0.391. The highest BCUT2D eigenvalue weighted by atomic mass is 16.6. The summed E-state index contributed by atoms with van der Waals surface area (Å²) in [4.78, 5) is 38.2. The lowest BCUT2D eigenvalue weighted by molar-refractivity contribution is -0.385. The molecular formula is C23H29N3O4. The van der Waals surface area contributed by atoms with Crippen LogP contribution in [0.4, 0.5) is 5.69 Å². The van der Waals surface area contributed by atoms with Crippen molar-refractivity contribution < 1.29 is 14.5 Å². The first-order valence-electron chi connectivity index (χ1n) is 10.1. The second-order valence-electron chi connectivity index (χ2n) is 7.57. The lowest BCUT2D eigenvalue weighted by Crippen LogP contribution is -2.49. The summed E-state index contributed by atoms with van der Waals surface area (Å²) >= 11 is 0. The van der Waals surface area contributed by atoms with Crippen molar-refractivity contribution in [1.82, 2.24) is 10.2 Å². The molecule has 2 rings (SSSR count). The van der Waals surface area contributed by atoms with Gasteiger partial charge in [-0.2, -0.15) is 0 Å². The molecule has 2 aromatic carbocycles. The van der Waals surface area contributed by atoms with Gasteiger partial charge in [0.15, 0.2) is 0 Å². The Balaban J connectivity index is 2.31. The van der Waals surface area contributed by atoms with Crippen molar-refractivity contribution in [1.29, 1.82) is 0 Å². The van der Waals surface area contributed by atoms with Crippen molar-refractivity contribution in [3.05, 3.63) is 75.3 Å². The molecule has 2 amide bonds. The lowest BCUT2D eigenvalue weighted by atomic mass is 10.1. The average Bonchev–Trinajstić information content (AvgIpc) is 2.71. The Labute approximate surface area is 177 Å². The van der Waals surface area contributed by atoms with Crippen LogP contribution in [0, 0.1) is 17.0 Å². The van der Waals surface area contributed by atoms with E-state index in [0.29, 0.717) is 5.56 Å². The van der Waals surface area contributed by atoms with E-state index >= 15 is 0 Å². The number of amides is 2. The van der Waals surface area contributed by atoms with Crippen LogP contribution in [0.15, 0.2) is 48.5 Å². The van der Waals surface area contributed by atoms with E-state index in [1.165, 1.54) is 11.0 Å². The number of para-hydroxylation sites is 1. The normalized spacial score (nSPS) is 12.7. The van der Waals surface area contributed by atoms with E-state index in [1.54, 1.807) is 25.1 Å². The Kier molecular flexibility index (Phi) is 8.09. The molecule has 0 spiro atoms. The van der Waals surface area contributed by atoms with Gasteiger partial charge in [0, 0.05) is 24.2 Å². The fourth-order valence-electron chi connectivity index (χ4n) is 3.16. The summed E-state index contributed by atoms with van der Waals surface area (Å²) in [7, 11) is 0. The summed E-state index contributed by atoms with van der Waals surface area (Å²) in [6.07, 6.45) is 0.629. The van der Waals surface area contributed by atoms with Crippen LogP contribution in [0.3, 0.4) is 0 Å². The molecule has 30 heavy (non-hydrogen) atoms. The quantitative estimate of drug-likeness (QED) is 0.502. The minimum Gasteiger partial charge on any atom is -0.352 e. The topological polar surface area (TPSA) is 92.6 Å². The van der Waals surface area contributed by atoms with Crippen LogP contribution in [-0.4, -0.2) is 33.7 Å². The van der Waals surface area contributed by atoms with Gasteiger partial charge < -0.3 is 10.2 Å². The summed E-state index contributed by atoms with van der Waals surface area (Å²) < 4.78 is 0. The van der Waals surface area contributed by atoms with Crippen LogP contribution in [0.25, 0.3) is 0 Å². The molecule has 0 saturated carbocycles. The maximum atomic E-state index is 13.2. The van der Waals surface area contributed by atoms with Crippen LogP contribution in [0.2, 0.25) is 0 Å². The third-order valence-corrected chi connectivity index (χ3v) is 5.13. The molecule has 1 N–H and O–H groups in total. The maximum Gasteiger partial charge on any atom is 0.273 e. The smallest absolute Gasteiger partial charge is 0.273 e. The number of carbonyl (C=O) groups is 2. The predicted octanol–water partition coefficient (Wildman–Crippen LogP) is 3.78. The van der Waals surface area contributed by atoms with E-state index < -0.39 is 11.0 Å². The zero-order valence-corrected chi connectivity index (χ0v) is 17.9. The molecule has 2 atom stereocenters. The van der Waals surface area contributed by atoms with Crippen LogP contribution in [0.5, 0.6) is 0 Å². The molecule has 7 heteroatoms. The molecule has 0 unspecified atom stereocenters. The molecule has 0 aliphatic heterocycles. The van der Waals surface area contributed by atoms with Gasteiger partial charge in [-0.3, -0.25) is 19.7 Å². The number of nitrogens with one attached hydrogen (secondary N) is 1. The van der Waals surface area contributed by atoms with Gasteiger partial charge in [0.2, 0.25) is 11.8 Å². The standard InChI is InChI=1S/C23H29N3O4/c1-5-17(3)24-23(28)18(4)25(15-19-10-8-9-16(2)13-19)22(27)14-20-11-6-7-12-21(20)26(29)30/h6-13,17-18H,5,14-15H2,1-4H3,(H,24,28)/t17-,18-/m1/s1. The molecule has 0 saturated heterocycles. The number of nitrogens with zero attached hydrogens (tertiary/aromatic N) is 2. The van der Waals surface area contributed by atoms with E-state index in [4.69, 9.17) is 0 Å². The molecular weight excluding hydrogens is 382 g/mol. The maximum absolute atomic E-state index is 13.2. The van der Waals surface area contributed by atoms with Crippen molar-refractivity contribution in [2.75, 3.05) is 0 Å². The molecule has 0 aromatic heterocycles.